The minimum atomic E-state index is 0.376. The normalized spacial score (nSPS) is 23.1. The molecule has 1 spiro atoms. The molecule has 16 heavy (non-hydrogen) atoms. The molecule has 1 fully saturated rings. The number of carbonyl (C=O) groups is 1. The lowest BCUT2D eigenvalue weighted by atomic mass is 9.94. The van der Waals surface area contributed by atoms with Gasteiger partial charge in [-0.15, -0.1) is 0 Å². The highest BCUT2D eigenvalue weighted by molar-refractivity contribution is 5.91. The van der Waals surface area contributed by atoms with Gasteiger partial charge in [-0.25, -0.2) is 4.79 Å². The lowest BCUT2D eigenvalue weighted by Crippen LogP contribution is -2.58. The molecule has 2 aliphatic heterocycles. The molecule has 0 atom stereocenters. The summed E-state index contributed by atoms with van der Waals surface area (Å²) < 4.78 is 0.733. The summed E-state index contributed by atoms with van der Waals surface area (Å²) in [5.74, 6) is 0.376. The van der Waals surface area contributed by atoms with Crippen molar-refractivity contribution in [1.29, 1.82) is 0 Å². The average molecular weight is 216 g/mol. The molecule has 0 bridgehead atoms. The van der Waals surface area contributed by atoms with Crippen LogP contribution in [-0.2, 0) is 6.42 Å². The van der Waals surface area contributed by atoms with Crippen molar-refractivity contribution in [3.8, 4) is 0 Å². The summed E-state index contributed by atoms with van der Waals surface area (Å²) in [6, 6.07) is 8.14. The number of hydrogen-bond donors (Lipinski definition) is 0. The highest BCUT2D eigenvalue weighted by atomic mass is 16.2. The molecule has 2 aliphatic rings. The summed E-state index contributed by atoms with van der Waals surface area (Å²) in [5.41, 5.74) is 2.23. The molecule has 0 unspecified atom stereocenters. The Labute approximate surface area is 96.5 Å². The van der Waals surface area contributed by atoms with Crippen molar-refractivity contribution in [2.75, 3.05) is 19.6 Å². The van der Waals surface area contributed by atoms with Gasteiger partial charge in [0.2, 0.25) is 0 Å². The lowest BCUT2D eigenvalue weighted by Gasteiger charge is -2.41. The van der Waals surface area contributed by atoms with Gasteiger partial charge < -0.3 is 0 Å². The maximum Gasteiger partial charge on any atom is 0.346 e. The number of carbonyl (C=O) groups excluding carboxylic acids is 1. The number of nitrogens with zero attached hydrogens (tertiary/aromatic N) is 1. The van der Waals surface area contributed by atoms with E-state index in [-0.39, 0.29) is 0 Å². The third-order valence-electron chi connectivity index (χ3n) is 4.16. The van der Waals surface area contributed by atoms with Gasteiger partial charge in [0.25, 0.3) is 0 Å². The van der Waals surface area contributed by atoms with Gasteiger partial charge in [0, 0.05) is 6.42 Å². The van der Waals surface area contributed by atoms with Crippen LogP contribution in [0.3, 0.4) is 0 Å². The van der Waals surface area contributed by atoms with Crippen molar-refractivity contribution in [3.05, 3.63) is 35.4 Å². The van der Waals surface area contributed by atoms with Crippen LogP contribution in [-0.4, -0.2) is 30.0 Å². The number of amides is 1. The van der Waals surface area contributed by atoms with E-state index >= 15 is 0 Å². The van der Waals surface area contributed by atoms with E-state index in [0.717, 1.165) is 36.1 Å². The molecule has 1 amide bonds. The molecule has 84 valence electrons. The number of quaternary nitrogens is 1. The topological polar surface area (TPSA) is 17.1 Å². The van der Waals surface area contributed by atoms with Crippen LogP contribution in [0.15, 0.2) is 24.3 Å². The standard InChI is InChI=1S/C14H18NO/c16-14-13-7-3-2-6-12(13)8-11-15(14)9-4-1-5-10-15/h2-3,6-7H,1,4-5,8-11H2/q+1. The second kappa shape index (κ2) is 3.70. The Kier molecular flexibility index (Phi) is 2.32. The Morgan fingerprint density at radius 1 is 0.938 bits per heavy atom. The fourth-order valence-electron chi connectivity index (χ4n) is 3.18. The lowest BCUT2D eigenvalue weighted by molar-refractivity contribution is -0.855. The van der Waals surface area contributed by atoms with Gasteiger partial charge in [0.15, 0.2) is 0 Å². The smallest absolute Gasteiger partial charge is 0.256 e. The van der Waals surface area contributed by atoms with Gasteiger partial charge in [0.05, 0.1) is 25.2 Å². The highest BCUT2D eigenvalue weighted by Crippen LogP contribution is 2.29. The first-order chi connectivity index (χ1) is 7.82. The molecule has 0 aromatic heterocycles. The SMILES string of the molecule is O=C1c2ccccc2CC[N+]12CCCCC2. The van der Waals surface area contributed by atoms with Crippen molar-refractivity contribution in [2.24, 2.45) is 0 Å². The maximum absolute atomic E-state index is 12.6. The van der Waals surface area contributed by atoms with Crippen LogP contribution in [0.4, 0.5) is 0 Å². The first-order valence-electron chi connectivity index (χ1n) is 6.31. The van der Waals surface area contributed by atoms with E-state index in [0.29, 0.717) is 5.91 Å². The molecular weight excluding hydrogens is 198 g/mol. The molecule has 2 heterocycles. The van der Waals surface area contributed by atoms with Crippen LogP contribution >= 0.6 is 0 Å². The summed E-state index contributed by atoms with van der Waals surface area (Å²) in [6.45, 7) is 3.15. The summed E-state index contributed by atoms with van der Waals surface area (Å²) >= 11 is 0. The summed E-state index contributed by atoms with van der Waals surface area (Å²) in [4.78, 5) is 12.6. The molecule has 2 heteroatoms. The predicted molar refractivity (Wildman–Crippen MR) is 63.2 cm³/mol. The third-order valence-corrected chi connectivity index (χ3v) is 4.16. The summed E-state index contributed by atoms with van der Waals surface area (Å²) in [7, 11) is 0. The number of piperidine rings is 1. The van der Waals surface area contributed by atoms with Crippen molar-refractivity contribution >= 4 is 5.91 Å². The molecule has 0 radical (unpaired) electrons. The predicted octanol–water partition coefficient (Wildman–Crippen LogP) is 2.38. The Hall–Kier alpha value is -1.15. The van der Waals surface area contributed by atoms with Crippen molar-refractivity contribution in [2.45, 2.75) is 25.7 Å². The van der Waals surface area contributed by atoms with E-state index in [4.69, 9.17) is 0 Å². The molecule has 1 aromatic rings. The first kappa shape index (κ1) is 10.0. The fourth-order valence-corrected chi connectivity index (χ4v) is 3.18. The molecule has 1 aromatic carbocycles. The number of rotatable bonds is 0. The third kappa shape index (κ3) is 1.40. The minimum absolute atomic E-state index is 0.376. The molecule has 0 aliphatic carbocycles. The fraction of sp³-hybridized carbons (Fsp3) is 0.500. The quantitative estimate of drug-likeness (QED) is 0.609. The van der Waals surface area contributed by atoms with E-state index in [9.17, 15) is 4.79 Å². The zero-order valence-corrected chi connectivity index (χ0v) is 9.61. The van der Waals surface area contributed by atoms with E-state index in [1.807, 2.05) is 18.2 Å². The molecule has 0 N–H and O–H groups in total. The van der Waals surface area contributed by atoms with E-state index in [2.05, 4.69) is 6.07 Å². The van der Waals surface area contributed by atoms with E-state index < -0.39 is 0 Å². The Morgan fingerprint density at radius 3 is 2.50 bits per heavy atom. The van der Waals surface area contributed by atoms with Gasteiger partial charge >= 0.3 is 5.91 Å². The van der Waals surface area contributed by atoms with Crippen molar-refractivity contribution in [1.82, 2.24) is 0 Å². The monoisotopic (exact) mass is 216 g/mol. The van der Waals surface area contributed by atoms with Crippen LogP contribution < -0.4 is 0 Å². The average Bonchev–Trinajstić information content (AvgIpc) is 2.36. The van der Waals surface area contributed by atoms with Gasteiger partial charge in [-0.3, -0.25) is 4.48 Å². The van der Waals surface area contributed by atoms with Gasteiger partial charge in [0.1, 0.15) is 0 Å². The molecule has 3 rings (SSSR count). The van der Waals surface area contributed by atoms with Gasteiger partial charge in [-0.05, 0) is 30.9 Å². The van der Waals surface area contributed by atoms with Crippen molar-refractivity contribution < 1.29 is 9.28 Å². The first-order valence-corrected chi connectivity index (χ1v) is 6.31. The highest BCUT2D eigenvalue weighted by Gasteiger charge is 2.42. The van der Waals surface area contributed by atoms with Crippen LogP contribution in [0, 0.1) is 0 Å². The maximum atomic E-state index is 12.6. The van der Waals surface area contributed by atoms with Crippen molar-refractivity contribution in [3.63, 3.8) is 0 Å². The second-order valence-electron chi connectivity index (χ2n) is 5.09. The second-order valence-corrected chi connectivity index (χ2v) is 5.09. The molecular formula is C14H18NO+. The van der Waals surface area contributed by atoms with E-state index in [1.165, 1.54) is 24.8 Å². The number of hydrogen-bond acceptors (Lipinski definition) is 1. The summed E-state index contributed by atoms with van der Waals surface area (Å²) in [6.07, 6.45) is 4.80. The van der Waals surface area contributed by atoms with E-state index in [1.54, 1.807) is 0 Å². The van der Waals surface area contributed by atoms with Crippen LogP contribution in [0.25, 0.3) is 0 Å². The number of benzene rings is 1. The Morgan fingerprint density at radius 2 is 1.69 bits per heavy atom. The minimum Gasteiger partial charge on any atom is -0.256 e. The van der Waals surface area contributed by atoms with Gasteiger partial charge in [-0.2, -0.15) is 0 Å². The summed E-state index contributed by atoms with van der Waals surface area (Å²) in [5, 5.41) is 0. The zero-order chi connectivity index (χ0) is 11.0. The Balaban J connectivity index is 2.00. The molecule has 1 saturated heterocycles. The molecule has 0 saturated carbocycles. The van der Waals surface area contributed by atoms with Gasteiger partial charge in [-0.1, -0.05) is 18.2 Å². The van der Waals surface area contributed by atoms with Crippen LogP contribution in [0.1, 0.15) is 35.2 Å². The molecule has 2 nitrogen and oxygen atoms in total. The largest absolute Gasteiger partial charge is 0.346 e. The number of fused-ring (bicyclic) bond motifs is 1. The van der Waals surface area contributed by atoms with Crippen LogP contribution in [0.5, 0.6) is 0 Å². The Bertz CT molecular complexity index is 418. The zero-order valence-electron chi connectivity index (χ0n) is 9.61. The van der Waals surface area contributed by atoms with Crippen LogP contribution in [0.2, 0.25) is 0 Å².